The van der Waals surface area contributed by atoms with Gasteiger partial charge in [0.05, 0.1) is 24.3 Å². The number of para-hydroxylation sites is 1. The first kappa shape index (κ1) is 32.4. The molecule has 2 aliphatic heterocycles. The Hall–Kier alpha value is -4.55. The Bertz CT molecular complexity index is 1820. The summed E-state index contributed by atoms with van der Waals surface area (Å²) in [6, 6.07) is 16.3. The second kappa shape index (κ2) is 13.7. The zero-order chi connectivity index (χ0) is 33.1. The van der Waals surface area contributed by atoms with E-state index in [4.69, 9.17) is 14.2 Å². The summed E-state index contributed by atoms with van der Waals surface area (Å²) in [5, 5.41) is 2.81. The molecule has 0 radical (unpaired) electrons. The summed E-state index contributed by atoms with van der Waals surface area (Å²) in [7, 11) is 0. The molecule has 2 saturated heterocycles. The Labute approximate surface area is 275 Å². The van der Waals surface area contributed by atoms with Crippen LogP contribution in [0.25, 0.3) is 5.69 Å². The number of allylic oxidation sites excluding steroid dienone is 1. The lowest BCUT2D eigenvalue weighted by Crippen LogP contribution is -2.29. The van der Waals surface area contributed by atoms with Crippen molar-refractivity contribution in [2.45, 2.75) is 76.3 Å². The van der Waals surface area contributed by atoms with E-state index in [9.17, 15) is 24.0 Å². The van der Waals surface area contributed by atoms with Crippen molar-refractivity contribution in [1.29, 1.82) is 0 Å². The molecule has 3 aliphatic rings. The van der Waals surface area contributed by atoms with Crippen molar-refractivity contribution in [2.75, 3.05) is 6.61 Å². The number of aromatic nitrogens is 2. The van der Waals surface area contributed by atoms with Gasteiger partial charge < -0.3 is 19.5 Å². The number of hydrogen-bond acceptors (Lipinski definition) is 9. The molecular weight excluding hydrogens is 622 g/mol. The van der Waals surface area contributed by atoms with Gasteiger partial charge in [0.25, 0.3) is 0 Å². The molecule has 11 nitrogen and oxygen atoms in total. The number of rotatable bonds is 10. The van der Waals surface area contributed by atoms with E-state index in [1.165, 1.54) is 8.52 Å². The first-order chi connectivity index (χ1) is 22.6. The summed E-state index contributed by atoms with van der Waals surface area (Å²) in [5.41, 5.74) is 2.96. The van der Waals surface area contributed by atoms with E-state index in [0.29, 0.717) is 24.1 Å². The van der Waals surface area contributed by atoms with Crippen LogP contribution < -0.4 is 15.9 Å². The van der Waals surface area contributed by atoms with E-state index in [0.717, 1.165) is 41.1 Å². The number of esters is 2. The van der Waals surface area contributed by atoms with Crippen LogP contribution in [0.3, 0.4) is 0 Å². The lowest BCUT2D eigenvalue weighted by Gasteiger charge is -2.20. The van der Waals surface area contributed by atoms with Gasteiger partial charge >= 0.3 is 22.5 Å². The number of nitrogens with one attached hydrogen (secondary N) is 1. The van der Waals surface area contributed by atoms with Crippen LogP contribution in [-0.2, 0) is 41.7 Å². The molecule has 1 aliphatic carbocycles. The molecule has 1 amide bonds. The highest BCUT2D eigenvalue weighted by Crippen LogP contribution is 2.49. The second-order valence-electron chi connectivity index (χ2n) is 12.4. The minimum absolute atomic E-state index is 0.00909. The van der Waals surface area contributed by atoms with E-state index in [1.54, 1.807) is 12.1 Å². The van der Waals surface area contributed by atoms with Gasteiger partial charge in [-0.05, 0) is 61.4 Å². The predicted octanol–water partition coefficient (Wildman–Crippen LogP) is 3.80. The number of carbonyl (C=O) groups is 3. The summed E-state index contributed by atoms with van der Waals surface area (Å²) < 4.78 is 19.6. The maximum atomic E-state index is 12.8. The van der Waals surface area contributed by atoms with E-state index < -0.39 is 11.7 Å². The normalized spacial score (nSPS) is 24.7. The minimum Gasteiger partial charge on any atom is -0.461 e. The molecule has 0 saturated carbocycles. The first-order valence-corrected chi connectivity index (χ1v) is 16.5. The Morgan fingerprint density at radius 3 is 2.57 bits per heavy atom. The molecule has 6 rings (SSSR count). The van der Waals surface area contributed by atoms with Crippen LogP contribution in [0.5, 0.6) is 0 Å². The van der Waals surface area contributed by atoms with Gasteiger partial charge in [-0.1, -0.05) is 55.1 Å². The summed E-state index contributed by atoms with van der Waals surface area (Å²) >= 11 is 0.859. The van der Waals surface area contributed by atoms with Gasteiger partial charge in [-0.15, -0.1) is 0 Å². The van der Waals surface area contributed by atoms with Gasteiger partial charge in [0.1, 0.15) is 18.8 Å². The van der Waals surface area contributed by atoms with Crippen molar-refractivity contribution in [3.63, 3.8) is 0 Å². The first-order valence-electron chi connectivity index (χ1n) is 15.8. The highest BCUT2D eigenvalue weighted by Gasteiger charge is 2.61. The minimum atomic E-state index is -0.461. The van der Waals surface area contributed by atoms with E-state index in [2.05, 4.69) is 18.0 Å². The molecule has 2 fully saturated rings. The van der Waals surface area contributed by atoms with Crippen molar-refractivity contribution in [3.05, 3.63) is 110 Å². The SMILES string of the molecule is C=C1C(=O)O[C@H]2[C@H]1CC/C(COC(=O)CCC(=O)NCc1ccc(Cn3c(=O)sn(-c4ccccc4)c3=O)cc1)=C\CC[C@@]1(C)O[C@@H]21. The topological polar surface area (TPSA) is 138 Å². The van der Waals surface area contributed by atoms with Crippen molar-refractivity contribution in [3.8, 4) is 5.69 Å². The third-order valence-electron chi connectivity index (χ3n) is 9.05. The molecule has 3 heterocycles. The van der Waals surface area contributed by atoms with E-state index in [-0.39, 0.29) is 73.0 Å². The lowest BCUT2D eigenvalue weighted by atomic mass is 9.84. The van der Waals surface area contributed by atoms with Gasteiger partial charge in [0.15, 0.2) is 0 Å². The number of hydrogen-bond donors (Lipinski definition) is 1. The number of epoxide rings is 1. The molecule has 12 heteroatoms. The third-order valence-corrected chi connectivity index (χ3v) is 9.98. The van der Waals surface area contributed by atoms with Crippen LogP contribution >= 0.6 is 11.5 Å². The molecule has 0 bridgehead atoms. The zero-order valence-corrected chi connectivity index (χ0v) is 27.0. The van der Waals surface area contributed by atoms with Crippen molar-refractivity contribution >= 4 is 29.4 Å². The number of carbonyl (C=O) groups excluding carboxylic acids is 3. The second-order valence-corrected chi connectivity index (χ2v) is 13.3. The number of nitrogens with zero attached hydrogens (tertiary/aromatic N) is 2. The highest BCUT2D eigenvalue weighted by molar-refractivity contribution is 7.03. The molecular formula is C35H37N3O8S. The van der Waals surface area contributed by atoms with Crippen molar-refractivity contribution in [1.82, 2.24) is 13.8 Å². The number of amides is 1. The Morgan fingerprint density at radius 2 is 1.81 bits per heavy atom. The van der Waals surface area contributed by atoms with Gasteiger partial charge in [-0.3, -0.25) is 14.4 Å². The molecule has 0 unspecified atom stereocenters. The van der Waals surface area contributed by atoms with Gasteiger partial charge in [-0.2, -0.15) is 0 Å². The number of ether oxygens (including phenoxy) is 3. The lowest BCUT2D eigenvalue weighted by molar-refractivity contribution is -0.144. The average Bonchev–Trinajstić information content (AvgIpc) is 3.55. The van der Waals surface area contributed by atoms with E-state index >= 15 is 0 Å². The fraction of sp³-hybridized carbons (Fsp3) is 0.400. The standard InChI is InChI=1S/C35H37N3O8S/c1-22-27-15-14-25(7-6-18-35(2)31(46-35)30(27)45-32(22)41)21-44-29(40)17-16-28(39)36-19-23-10-12-24(13-11-23)20-37-33(42)38(47-34(37)43)26-8-4-3-5-9-26/h3-5,7-13,27,30-31H,1,6,14-21H2,2H3,(H,36,39)/b25-7+/t27-,30-,31-,35+/m0/s1. The van der Waals surface area contributed by atoms with Crippen LogP contribution in [0.1, 0.15) is 56.6 Å². The van der Waals surface area contributed by atoms with Gasteiger partial charge in [0.2, 0.25) is 5.91 Å². The molecule has 4 atom stereocenters. The average molecular weight is 660 g/mol. The summed E-state index contributed by atoms with van der Waals surface area (Å²) in [6.45, 7) is 6.50. The van der Waals surface area contributed by atoms with Crippen LogP contribution in [-0.4, -0.2) is 50.8 Å². The maximum Gasteiger partial charge on any atom is 0.346 e. The Kier molecular flexibility index (Phi) is 9.42. The predicted molar refractivity (Wildman–Crippen MR) is 174 cm³/mol. The van der Waals surface area contributed by atoms with Crippen molar-refractivity contribution < 1.29 is 28.6 Å². The van der Waals surface area contributed by atoms with Gasteiger partial charge in [-0.25, -0.2) is 18.1 Å². The molecule has 1 aromatic heterocycles. The zero-order valence-electron chi connectivity index (χ0n) is 26.1. The Morgan fingerprint density at radius 1 is 1.06 bits per heavy atom. The number of benzene rings is 2. The molecule has 3 aromatic rings. The molecule has 2 aromatic carbocycles. The quantitative estimate of drug-likeness (QED) is 0.150. The largest absolute Gasteiger partial charge is 0.461 e. The van der Waals surface area contributed by atoms with Crippen LogP contribution in [0, 0.1) is 5.92 Å². The fourth-order valence-corrected chi connectivity index (χ4v) is 6.96. The number of fused-ring (bicyclic) bond motifs is 3. The third kappa shape index (κ3) is 7.39. The summed E-state index contributed by atoms with van der Waals surface area (Å²) in [5.74, 6) is -1.24. The Balaban J connectivity index is 0.936. The fourth-order valence-electron chi connectivity index (χ4n) is 6.16. The molecule has 246 valence electrons. The molecule has 47 heavy (non-hydrogen) atoms. The molecule has 1 N–H and O–H groups in total. The maximum absolute atomic E-state index is 12.8. The van der Waals surface area contributed by atoms with Gasteiger partial charge in [0, 0.05) is 36.0 Å². The summed E-state index contributed by atoms with van der Waals surface area (Å²) in [4.78, 5) is 62.1. The molecule has 0 spiro atoms. The highest BCUT2D eigenvalue weighted by atomic mass is 32.1. The van der Waals surface area contributed by atoms with Crippen LogP contribution in [0.15, 0.2) is 88.0 Å². The van der Waals surface area contributed by atoms with Crippen LogP contribution in [0.4, 0.5) is 0 Å². The van der Waals surface area contributed by atoms with E-state index in [1.807, 2.05) is 49.4 Å². The van der Waals surface area contributed by atoms with Crippen LogP contribution in [0.2, 0.25) is 0 Å². The smallest absolute Gasteiger partial charge is 0.346 e. The monoisotopic (exact) mass is 659 g/mol. The van der Waals surface area contributed by atoms with Crippen molar-refractivity contribution in [2.24, 2.45) is 5.92 Å². The summed E-state index contributed by atoms with van der Waals surface area (Å²) in [6.07, 6.45) is 4.41.